The van der Waals surface area contributed by atoms with Crippen molar-refractivity contribution in [1.29, 1.82) is 0 Å². The molecular weight excluding hydrogens is 311 g/mol. The van der Waals surface area contributed by atoms with E-state index in [1.807, 2.05) is 0 Å². The van der Waals surface area contributed by atoms with Crippen molar-refractivity contribution >= 4 is 5.95 Å². The minimum Gasteiger partial charge on any atom is -0.353 e. The smallest absolute Gasteiger partial charge is 0.353 e. The lowest BCUT2D eigenvalue weighted by Crippen LogP contribution is -2.42. The zero-order valence-electron chi connectivity index (χ0n) is 14.3. The average Bonchev–Trinajstić information content (AvgIpc) is 2.57. The Morgan fingerprint density at radius 3 is 2.42 bits per heavy atom. The zero-order chi connectivity index (χ0) is 17.1. The molecule has 0 aromatic carbocycles. The van der Waals surface area contributed by atoms with Crippen molar-refractivity contribution in [2.24, 2.45) is 5.92 Å². The number of aromatic nitrogens is 3. The van der Waals surface area contributed by atoms with Gasteiger partial charge in [-0.2, -0.15) is 4.98 Å². The van der Waals surface area contributed by atoms with Crippen LogP contribution in [0.25, 0.3) is 0 Å². The summed E-state index contributed by atoms with van der Waals surface area (Å²) >= 11 is 0. The topological polar surface area (TPSA) is 79.8 Å². The van der Waals surface area contributed by atoms with Gasteiger partial charge in [0.2, 0.25) is 5.95 Å². The molecule has 134 valence electrons. The molecule has 2 saturated carbocycles. The maximum atomic E-state index is 13.3. The van der Waals surface area contributed by atoms with Crippen molar-refractivity contribution in [2.45, 2.75) is 83.0 Å². The van der Waals surface area contributed by atoms with Crippen LogP contribution in [0.3, 0.4) is 0 Å². The molecule has 6 nitrogen and oxygen atoms in total. The average molecular weight is 338 g/mol. The highest BCUT2D eigenvalue weighted by atomic mass is 19.1. The Hall–Kier alpha value is -1.66. The third-order valence-corrected chi connectivity index (χ3v) is 5.57. The second-order valence-corrected chi connectivity index (χ2v) is 7.28. The monoisotopic (exact) mass is 338 g/mol. The van der Waals surface area contributed by atoms with E-state index < -0.39 is 17.6 Å². The van der Waals surface area contributed by atoms with Crippen molar-refractivity contribution in [3.05, 3.63) is 21.0 Å². The molecule has 0 aliphatic heterocycles. The molecule has 2 fully saturated rings. The van der Waals surface area contributed by atoms with Gasteiger partial charge in [0.1, 0.15) is 6.17 Å². The highest BCUT2D eigenvalue weighted by Gasteiger charge is 2.25. The second kappa shape index (κ2) is 7.49. The quantitative estimate of drug-likeness (QED) is 0.885. The van der Waals surface area contributed by atoms with Gasteiger partial charge in [0.15, 0.2) is 0 Å². The van der Waals surface area contributed by atoms with Gasteiger partial charge in [-0.1, -0.05) is 19.3 Å². The number of hydrogen-bond donors (Lipinski definition) is 2. The molecule has 2 aliphatic carbocycles. The van der Waals surface area contributed by atoms with E-state index >= 15 is 0 Å². The number of hydrogen-bond acceptors (Lipinski definition) is 4. The van der Waals surface area contributed by atoms with Crippen LogP contribution in [0.4, 0.5) is 10.3 Å². The van der Waals surface area contributed by atoms with Crippen molar-refractivity contribution in [1.82, 2.24) is 14.5 Å². The van der Waals surface area contributed by atoms with Gasteiger partial charge in [0.25, 0.3) is 0 Å². The lowest BCUT2D eigenvalue weighted by molar-refractivity contribution is 0.203. The molecule has 7 heteroatoms. The number of nitrogens with one attached hydrogen (secondary N) is 2. The summed E-state index contributed by atoms with van der Waals surface area (Å²) in [5, 5.41) is 3.19. The van der Waals surface area contributed by atoms with Crippen molar-refractivity contribution < 1.29 is 4.39 Å². The number of alkyl halides is 1. The first-order valence-electron chi connectivity index (χ1n) is 9.18. The third-order valence-electron chi connectivity index (χ3n) is 5.57. The molecule has 0 radical (unpaired) electrons. The predicted octanol–water partition coefficient (Wildman–Crippen LogP) is 2.77. The summed E-state index contributed by atoms with van der Waals surface area (Å²) in [4.78, 5) is 31.3. The lowest BCUT2D eigenvalue weighted by Gasteiger charge is -2.28. The molecule has 1 aromatic rings. The number of aromatic amines is 1. The molecule has 0 spiro atoms. The molecule has 1 aromatic heterocycles. The normalized spacial score (nSPS) is 26.9. The summed E-state index contributed by atoms with van der Waals surface area (Å²) in [6.07, 6.45) is 7.10. The minimum absolute atomic E-state index is 0.172. The van der Waals surface area contributed by atoms with Crippen molar-refractivity contribution in [3.8, 4) is 0 Å². The molecule has 2 aliphatic rings. The number of anilines is 1. The van der Waals surface area contributed by atoms with Crippen LogP contribution in [0.15, 0.2) is 9.59 Å². The largest absolute Gasteiger partial charge is 0.355 e. The molecule has 3 rings (SSSR count). The Bertz CT molecular complexity index is 626. The lowest BCUT2D eigenvalue weighted by atomic mass is 9.85. The van der Waals surface area contributed by atoms with E-state index in [9.17, 15) is 14.0 Å². The molecular formula is C17H27FN4O2. The van der Waals surface area contributed by atoms with Crippen LogP contribution in [0.2, 0.25) is 0 Å². The Balaban J connectivity index is 1.72. The summed E-state index contributed by atoms with van der Waals surface area (Å²) in [5.74, 6) is 0.796. The summed E-state index contributed by atoms with van der Waals surface area (Å²) < 4.78 is 14.4. The number of H-pyrrole nitrogens is 1. The van der Waals surface area contributed by atoms with Crippen molar-refractivity contribution in [2.75, 3.05) is 5.32 Å². The fraction of sp³-hybridized carbons (Fsp3) is 0.824. The van der Waals surface area contributed by atoms with Gasteiger partial charge >= 0.3 is 11.4 Å². The first-order chi connectivity index (χ1) is 11.5. The van der Waals surface area contributed by atoms with Gasteiger partial charge in [-0.3, -0.25) is 4.98 Å². The van der Waals surface area contributed by atoms with Crippen LogP contribution in [0.1, 0.15) is 70.8 Å². The molecule has 0 amide bonds. The van der Waals surface area contributed by atoms with E-state index in [-0.39, 0.29) is 18.0 Å². The van der Waals surface area contributed by atoms with Gasteiger partial charge in [0, 0.05) is 12.1 Å². The Morgan fingerprint density at radius 2 is 1.79 bits per heavy atom. The maximum Gasteiger partial charge on any atom is 0.355 e. The minimum atomic E-state index is -0.818. The molecule has 1 atom stereocenters. The first-order valence-corrected chi connectivity index (χ1v) is 9.18. The molecule has 0 bridgehead atoms. The fourth-order valence-electron chi connectivity index (χ4n) is 4.08. The van der Waals surface area contributed by atoms with Gasteiger partial charge < -0.3 is 5.32 Å². The maximum absolute atomic E-state index is 13.3. The van der Waals surface area contributed by atoms with Crippen LogP contribution in [0.5, 0.6) is 0 Å². The zero-order valence-corrected chi connectivity index (χ0v) is 14.3. The summed E-state index contributed by atoms with van der Waals surface area (Å²) in [5.41, 5.74) is -0.991. The van der Waals surface area contributed by atoms with E-state index in [1.165, 1.54) is 32.1 Å². The predicted molar refractivity (Wildman–Crippen MR) is 91.2 cm³/mol. The summed E-state index contributed by atoms with van der Waals surface area (Å²) in [6, 6.07) is -0.0729. The van der Waals surface area contributed by atoms with Gasteiger partial charge in [-0.05, 0) is 51.4 Å². The third kappa shape index (κ3) is 3.87. The Kier molecular flexibility index (Phi) is 5.36. The van der Waals surface area contributed by atoms with E-state index in [4.69, 9.17) is 0 Å². The standard InChI is InChI=1S/C17H27FN4O2/c1-11(12-5-3-2-4-6-12)19-15-20-16(23)22(17(24)21-15)14-9-7-13(18)8-10-14/h11-14H,2-10H2,1H3,(H2,19,20,21,23,24)/t11-,13?,14?/m0/s1. The molecule has 2 N–H and O–H groups in total. The summed E-state index contributed by atoms with van der Waals surface area (Å²) in [7, 11) is 0. The molecule has 0 unspecified atom stereocenters. The fourth-order valence-corrected chi connectivity index (χ4v) is 4.08. The second-order valence-electron chi connectivity index (χ2n) is 7.28. The van der Waals surface area contributed by atoms with E-state index in [1.54, 1.807) is 0 Å². The van der Waals surface area contributed by atoms with Gasteiger partial charge in [0.05, 0.1) is 0 Å². The SMILES string of the molecule is C[C@H](Nc1nc(=O)n(C2CCC(F)CC2)c(=O)[nH]1)C1CCCCC1. The van der Waals surface area contributed by atoms with E-state index in [0.29, 0.717) is 31.6 Å². The first kappa shape index (κ1) is 17.2. The van der Waals surface area contributed by atoms with Crippen LogP contribution in [-0.4, -0.2) is 26.7 Å². The molecule has 24 heavy (non-hydrogen) atoms. The number of nitrogens with zero attached hydrogens (tertiary/aromatic N) is 2. The summed E-state index contributed by atoms with van der Waals surface area (Å²) in [6.45, 7) is 2.07. The van der Waals surface area contributed by atoms with Crippen molar-refractivity contribution in [3.63, 3.8) is 0 Å². The number of halogens is 1. The van der Waals surface area contributed by atoms with Crippen LogP contribution in [0, 0.1) is 5.92 Å². The Labute approximate surface area is 140 Å². The highest BCUT2D eigenvalue weighted by molar-refractivity contribution is 5.23. The highest BCUT2D eigenvalue weighted by Crippen LogP contribution is 2.28. The molecule has 0 saturated heterocycles. The van der Waals surface area contributed by atoms with E-state index in [2.05, 4.69) is 22.2 Å². The van der Waals surface area contributed by atoms with Crippen LogP contribution >= 0.6 is 0 Å². The molecule has 1 heterocycles. The van der Waals surface area contributed by atoms with Gasteiger partial charge in [-0.25, -0.2) is 18.5 Å². The van der Waals surface area contributed by atoms with E-state index in [0.717, 1.165) is 4.57 Å². The number of rotatable bonds is 4. The van der Waals surface area contributed by atoms with Gasteiger partial charge in [-0.15, -0.1) is 0 Å². The Morgan fingerprint density at radius 1 is 1.12 bits per heavy atom. The van der Waals surface area contributed by atoms with Crippen LogP contribution in [-0.2, 0) is 0 Å². The van der Waals surface area contributed by atoms with Crippen LogP contribution < -0.4 is 16.7 Å².